The van der Waals surface area contributed by atoms with Gasteiger partial charge in [-0.15, -0.1) is 0 Å². The van der Waals surface area contributed by atoms with Gasteiger partial charge in [0.1, 0.15) is 0 Å². The molecule has 2 nitrogen and oxygen atoms in total. The minimum Gasteiger partial charge on any atom is -0.325 e. The van der Waals surface area contributed by atoms with Gasteiger partial charge in [-0.05, 0) is 24.1 Å². The molecule has 0 fully saturated rings. The maximum atomic E-state index is 11.7. The lowest BCUT2D eigenvalue weighted by atomic mass is 10.1. The first-order chi connectivity index (χ1) is 7.41. The van der Waals surface area contributed by atoms with E-state index in [1.165, 1.54) is 0 Å². The van der Waals surface area contributed by atoms with Crippen molar-refractivity contribution in [2.45, 2.75) is 18.7 Å². The van der Waals surface area contributed by atoms with Gasteiger partial charge in [0.05, 0.1) is 14.9 Å². The SMILES string of the molecule is CC(C)C(Br)C(=O)Nc1ccc(Cl)c(Cl)c1. The van der Waals surface area contributed by atoms with Crippen molar-refractivity contribution in [2.75, 3.05) is 5.32 Å². The van der Waals surface area contributed by atoms with Crippen LogP contribution in [0, 0.1) is 5.92 Å². The Kier molecular flexibility index (Phi) is 5.09. The van der Waals surface area contributed by atoms with Crippen molar-refractivity contribution in [3.63, 3.8) is 0 Å². The van der Waals surface area contributed by atoms with Crippen molar-refractivity contribution in [3.8, 4) is 0 Å². The van der Waals surface area contributed by atoms with Gasteiger partial charge < -0.3 is 5.32 Å². The fraction of sp³-hybridized carbons (Fsp3) is 0.364. The topological polar surface area (TPSA) is 29.1 Å². The van der Waals surface area contributed by atoms with Crippen molar-refractivity contribution in [2.24, 2.45) is 5.92 Å². The smallest absolute Gasteiger partial charge is 0.238 e. The van der Waals surface area contributed by atoms with Gasteiger partial charge in [0.25, 0.3) is 0 Å². The Bertz CT molecular complexity index is 396. The molecule has 16 heavy (non-hydrogen) atoms. The number of nitrogens with one attached hydrogen (secondary N) is 1. The van der Waals surface area contributed by atoms with Gasteiger partial charge in [-0.25, -0.2) is 0 Å². The standard InChI is InChI=1S/C11H12BrCl2NO/c1-6(2)10(12)11(16)15-7-3-4-8(13)9(14)5-7/h3-6,10H,1-2H3,(H,15,16). The summed E-state index contributed by atoms with van der Waals surface area (Å²) in [5.41, 5.74) is 0.643. The fourth-order valence-electron chi connectivity index (χ4n) is 1.09. The molecule has 1 aromatic rings. The minimum absolute atomic E-state index is 0.0895. The molecule has 0 aliphatic rings. The number of alkyl halides is 1. The molecule has 0 spiro atoms. The zero-order chi connectivity index (χ0) is 12.3. The Morgan fingerprint density at radius 3 is 2.44 bits per heavy atom. The summed E-state index contributed by atoms with van der Waals surface area (Å²) in [7, 11) is 0. The van der Waals surface area contributed by atoms with E-state index in [-0.39, 0.29) is 16.7 Å². The summed E-state index contributed by atoms with van der Waals surface area (Å²) in [6, 6.07) is 4.99. The van der Waals surface area contributed by atoms with E-state index in [0.29, 0.717) is 15.7 Å². The first kappa shape index (κ1) is 13.8. The zero-order valence-corrected chi connectivity index (χ0v) is 12.0. The number of anilines is 1. The number of hydrogen-bond donors (Lipinski definition) is 1. The van der Waals surface area contributed by atoms with E-state index in [9.17, 15) is 4.79 Å². The Hall–Kier alpha value is -0.250. The van der Waals surface area contributed by atoms with E-state index in [4.69, 9.17) is 23.2 Å². The molecule has 0 radical (unpaired) electrons. The molecule has 1 amide bonds. The first-order valence-electron chi connectivity index (χ1n) is 4.82. The Balaban J connectivity index is 2.74. The third-order valence-electron chi connectivity index (χ3n) is 2.02. The summed E-state index contributed by atoms with van der Waals surface area (Å²) in [6.45, 7) is 3.93. The van der Waals surface area contributed by atoms with E-state index in [1.54, 1.807) is 18.2 Å². The van der Waals surface area contributed by atoms with E-state index in [1.807, 2.05) is 13.8 Å². The van der Waals surface area contributed by atoms with Gasteiger partial charge in [0, 0.05) is 5.69 Å². The molecular weight excluding hydrogens is 313 g/mol. The summed E-state index contributed by atoms with van der Waals surface area (Å²) < 4.78 is 0. The second-order valence-electron chi connectivity index (χ2n) is 3.76. The lowest BCUT2D eigenvalue weighted by Gasteiger charge is -2.14. The van der Waals surface area contributed by atoms with Crippen molar-refractivity contribution in [1.29, 1.82) is 0 Å². The maximum Gasteiger partial charge on any atom is 0.238 e. The van der Waals surface area contributed by atoms with Crippen LogP contribution >= 0.6 is 39.1 Å². The van der Waals surface area contributed by atoms with Gasteiger partial charge in [-0.2, -0.15) is 0 Å². The molecule has 1 N–H and O–H groups in total. The molecule has 1 rings (SSSR count). The second-order valence-corrected chi connectivity index (χ2v) is 5.56. The van der Waals surface area contributed by atoms with Crippen LogP contribution in [0.2, 0.25) is 10.0 Å². The molecular formula is C11H12BrCl2NO. The predicted molar refractivity (Wildman–Crippen MR) is 72.6 cm³/mol. The number of rotatable bonds is 3. The van der Waals surface area contributed by atoms with Crippen molar-refractivity contribution < 1.29 is 4.79 Å². The van der Waals surface area contributed by atoms with Crippen LogP contribution in [-0.2, 0) is 4.79 Å². The highest BCUT2D eigenvalue weighted by molar-refractivity contribution is 9.10. The number of benzene rings is 1. The maximum absolute atomic E-state index is 11.7. The highest BCUT2D eigenvalue weighted by Gasteiger charge is 2.18. The van der Waals surface area contributed by atoms with Crippen LogP contribution in [0.15, 0.2) is 18.2 Å². The number of carbonyl (C=O) groups excluding carboxylic acids is 1. The molecule has 0 saturated carbocycles. The van der Waals surface area contributed by atoms with Crippen molar-refractivity contribution >= 4 is 50.7 Å². The largest absolute Gasteiger partial charge is 0.325 e. The van der Waals surface area contributed by atoms with Gasteiger partial charge in [0.2, 0.25) is 5.91 Å². The molecule has 88 valence electrons. The van der Waals surface area contributed by atoms with Crippen LogP contribution in [-0.4, -0.2) is 10.7 Å². The molecule has 0 aromatic heterocycles. The van der Waals surface area contributed by atoms with E-state index in [2.05, 4.69) is 21.2 Å². The Labute approximate surface area is 113 Å². The van der Waals surface area contributed by atoms with E-state index >= 15 is 0 Å². The molecule has 0 heterocycles. The summed E-state index contributed by atoms with van der Waals surface area (Å²) in [6.07, 6.45) is 0. The van der Waals surface area contributed by atoms with E-state index in [0.717, 1.165) is 0 Å². The highest BCUT2D eigenvalue weighted by atomic mass is 79.9. The quantitative estimate of drug-likeness (QED) is 0.823. The molecule has 1 aromatic carbocycles. The summed E-state index contributed by atoms with van der Waals surface area (Å²) in [5, 5.41) is 3.66. The first-order valence-corrected chi connectivity index (χ1v) is 6.49. The van der Waals surface area contributed by atoms with E-state index < -0.39 is 0 Å². The molecule has 0 bridgehead atoms. The monoisotopic (exact) mass is 323 g/mol. The molecule has 1 unspecified atom stereocenters. The highest BCUT2D eigenvalue weighted by Crippen LogP contribution is 2.25. The van der Waals surface area contributed by atoms with Crippen LogP contribution in [0.1, 0.15) is 13.8 Å². The zero-order valence-electron chi connectivity index (χ0n) is 8.93. The average molecular weight is 325 g/mol. The van der Waals surface area contributed by atoms with Crippen LogP contribution in [0.5, 0.6) is 0 Å². The van der Waals surface area contributed by atoms with Crippen molar-refractivity contribution in [3.05, 3.63) is 28.2 Å². The molecule has 0 aliphatic carbocycles. The summed E-state index contributed by atoms with van der Waals surface area (Å²) in [5.74, 6) is 0.135. The minimum atomic E-state index is -0.220. The second kappa shape index (κ2) is 5.89. The van der Waals surface area contributed by atoms with Crippen LogP contribution in [0.3, 0.4) is 0 Å². The number of carbonyl (C=O) groups is 1. The molecule has 1 atom stereocenters. The Morgan fingerprint density at radius 1 is 1.31 bits per heavy atom. The summed E-state index contributed by atoms with van der Waals surface area (Å²) >= 11 is 14.9. The predicted octanol–water partition coefficient (Wildman–Crippen LogP) is 4.35. The Morgan fingerprint density at radius 2 is 1.94 bits per heavy atom. The molecule has 0 saturated heterocycles. The van der Waals surface area contributed by atoms with Crippen LogP contribution in [0.4, 0.5) is 5.69 Å². The third kappa shape index (κ3) is 3.65. The summed E-state index contributed by atoms with van der Waals surface area (Å²) in [4.78, 5) is 11.5. The molecule has 0 aliphatic heterocycles. The van der Waals surface area contributed by atoms with Crippen molar-refractivity contribution in [1.82, 2.24) is 0 Å². The van der Waals surface area contributed by atoms with Gasteiger partial charge in [0.15, 0.2) is 0 Å². The number of hydrogen-bond acceptors (Lipinski definition) is 1. The molecule has 5 heteroatoms. The lowest BCUT2D eigenvalue weighted by Crippen LogP contribution is -2.26. The van der Waals surface area contributed by atoms with Crippen LogP contribution in [0.25, 0.3) is 0 Å². The van der Waals surface area contributed by atoms with Gasteiger partial charge >= 0.3 is 0 Å². The number of amides is 1. The lowest BCUT2D eigenvalue weighted by molar-refractivity contribution is -0.116. The van der Waals surface area contributed by atoms with Crippen LogP contribution < -0.4 is 5.32 Å². The van der Waals surface area contributed by atoms with Gasteiger partial charge in [-0.1, -0.05) is 53.0 Å². The number of halogens is 3. The third-order valence-corrected chi connectivity index (χ3v) is 4.24. The van der Waals surface area contributed by atoms with Gasteiger partial charge in [-0.3, -0.25) is 4.79 Å². The normalized spacial score (nSPS) is 12.6. The fourth-order valence-corrected chi connectivity index (χ4v) is 1.50. The average Bonchev–Trinajstić information content (AvgIpc) is 2.22.